The molecule has 0 bridgehead atoms. The zero-order valence-corrected chi connectivity index (χ0v) is 8.95. The van der Waals surface area contributed by atoms with Crippen LogP contribution in [0.3, 0.4) is 0 Å². The molecule has 0 saturated carbocycles. The summed E-state index contributed by atoms with van der Waals surface area (Å²) in [5, 5.41) is 0. The number of hydrogen-bond donors (Lipinski definition) is 2. The average molecular weight is 200 g/mol. The second-order valence-corrected chi connectivity index (χ2v) is 3.59. The van der Waals surface area contributed by atoms with Crippen molar-refractivity contribution in [3.63, 3.8) is 0 Å². The lowest BCUT2D eigenvalue weighted by molar-refractivity contribution is 0.104. The van der Waals surface area contributed by atoms with Crippen molar-refractivity contribution in [2.24, 2.45) is 5.84 Å². The van der Waals surface area contributed by atoms with Crippen LogP contribution in [0.4, 0.5) is 0 Å². The molecule has 0 spiro atoms. The Labute approximate surface area is 85.4 Å². The molecule has 0 aromatic heterocycles. The van der Waals surface area contributed by atoms with Crippen LogP contribution in [0.2, 0.25) is 0 Å². The van der Waals surface area contributed by atoms with Crippen LogP contribution >= 0.6 is 0 Å². The fourth-order valence-corrected chi connectivity index (χ4v) is 1.51. The standard InChI is InChI=1S/C10H20N2O2/c1-8(13-2)5-6-9(12-11)10-4-3-7-14-10/h4,8-9,12H,3,5-7,11H2,1-2H3. The first-order valence-corrected chi connectivity index (χ1v) is 5.09. The highest BCUT2D eigenvalue weighted by molar-refractivity contribution is 5.06. The van der Waals surface area contributed by atoms with Crippen LogP contribution in [0.15, 0.2) is 11.8 Å². The minimum Gasteiger partial charge on any atom is -0.496 e. The van der Waals surface area contributed by atoms with E-state index in [1.54, 1.807) is 7.11 Å². The molecular formula is C10H20N2O2. The quantitative estimate of drug-likeness (QED) is 0.495. The van der Waals surface area contributed by atoms with E-state index in [0.29, 0.717) is 0 Å². The maximum absolute atomic E-state index is 5.47. The first-order chi connectivity index (χ1) is 6.77. The highest BCUT2D eigenvalue weighted by atomic mass is 16.5. The number of ether oxygens (including phenoxy) is 2. The van der Waals surface area contributed by atoms with Crippen molar-refractivity contribution >= 4 is 0 Å². The molecule has 2 atom stereocenters. The van der Waals surface area contributed by atoms with E-state index >= 15 is 0 Å². The van der Waals surface area contributed by atoms with Crippen molar-refractivity contribution < 1.29 is 9.47 Å². The minimum atomic E-state index is 0.134. The van der Waals surface area contributed by atoms with Gasteiger partial charge in [-0.1, -0.05) is 0 Å². The molecule has 0 aromatic carbocycles. The second-order valence-electron chi connectivity index (χ2n) is 3.59. The van der Waals surface area contributed by atoms with Crippen LogP contribution in [-0.2, 0) is 9.47 Å². The fourth-order valence-electron chi connectivity index (χ4n) is 1.51. The van der Waals surface area contributed by atoms with E-state index in [9.17, 15) is 0 Å². The van der Waals surface area contributed by atoms with Crippen molar-refractivity contribution in [3.05, 3.63) is 11.8 Å². The second kappa shape index (κ2) is 6.01. The first kappa shape index (κ1) is 11.5. The van der Waals surface area contributed by atoms with Gasteiger partial charge >= 0.3 is 0 Å². The Hall–Kier alpha value is -0.580. The summed E-state index contributed by atoms with van der Waals surface area (Å²) < 4.78 is 10.6. The van der Waals surface area contributed by atoms with Gasteiger partial charge < -0.3 is 9.47 Å². The zero-order valence-electron chi connectivity index (χ0n) is 8.95. The SMILES string of the molecule is COC(C)CCC(NN)C1=CCCO1. The third-order valence-corrected chi connectivity index (χ3v) is 2.54. The summed E-state index contributed by atoms with van der Waals surface area (Å²) in [4.78, 5) is 0. The largest absolute Gasteiger partial charge is 0.496 e. The predicted octanol–water partition coefficient (Wildman–Crippen LogP) is 0.938. The van der Waals surface area contributed by atoms with Crippen molar-refractivity contribution in [3.8, 4) is 0 Å². The molecule has 4 nitrogen and oxygen atoms in total. The van der Waals surface area contributed by atoms with Gasteiger partial charge in [0.1, 0.15) is 5.76 Å². The Morgan fingerprint density at radius 3 is 2.93 bits per heavy atom. The Balaban J connectivity index is 2.31. The zero-order chi connectivity index (χ0) is 10.4. The van der Waals surface area contributed by atoms with Gasteiger partial charge in [-0.25, -0.2) is 5.43 Å². The number of nitrogens with one attached hydrogen (secondary N) is 1. The summed E-state index contributed by atoms with van der Waals surface area (Å²) in [6.45, 7) is 2.84. The molecule has 2 unspecified atom stereocenters. The average Bonchev–Trinajstić information content (AvgIpc) is 2.72. The number of methoxy groups -OCH3 is 1. The van der Waals surface area contributed by atoms with E-state index in [2.05, 4.69) is 18.4 Å². The molecule has 1 aliphatic heterocycles. The van der Waals surface area contributed by atoms with Crippen LogP contribution in [0, 0.1) is 0 Å². The van der Waals surface area contributed by atoms with E-state index in [-0.39, 0.29) is 12.1 Å². The first-order valence-electron chi connectivity index (χ1n) is 5.09. The molecule has 1 aliphatic rings. The van der Waals surface area contributed by atoms with Gasteiger partial charge in [-0.05, 0) is 25.8 Å². The maximum atomic E-state index is 5.47. The minimum absolute atomic E-state index is 0.134. The highest BCUT2D eigenvalue weighted by Gasteiger charge is 2.17. The highest BCUT2D eigenvalue weighted by Crippen LogP contribution is 2.17. The Bertz CT molecular complexity index is 195. The molecule has 0 aliphatic carbocycles. The fraction of sp³-hybridized carbons (Fsp3) is 0.800. The van der Waals surface area contributed by atoms with E-state index in [1.165, 1.54) is 0 Å². The number of rotatable bonds is 6. The van der Waals surface area contributed by atoms with E-state index < -0.39 is 0 Å². The lowest BCUT2D eigenvalue weighted by Crippen LogP contribution is -2.37. The van der Waals surface area contributed by atoms with Gasteiger partial charge in [-0.3, -0.25) is 5.84 Å². The van der Waals surface area contributed by atoms with E-state index in [4.69, 9.17) is 15.3 Å². The van der Waals surface area contributed by atoms with Crippen LogP contribution in [0.5, 0.6) is 0 Å². The summed E-state index contributed by atoms with van der Waals surface area (Å²) in [7, 11) is 1.72. The third kappa shape index (κ3) is 3.29. The third-order valence-electron chi connectivity index (χ3n) is 2.54. The molecule has 1 heterocycles. The topological polar surface area (TPSA) is 56.5 Å². The number of hydrogen-bond acceptors (Lipinski definition) is 4. The molecule has 14 heavy (non-hydrogen) atoms. The van der Waals surface area contributed by atoms with Gasteiger partial charge in [0.25, 0.3) is 0 Å². The molecule has 0 fully saturated rings. The van der Waals surface area contributed by atoms with E-state index in [1.807, 2.05) is 0 Å². The Kier molecular flexibility index (Phi) is 4.93. The van der Waals surface area contributed by atoms with Crippen LogP contribution in [0.1, 0.15) is 26.2 Å². The van der Waals surface area contributed by atoms with Crippen molar-refractivity contribution in [1.82, 2.24) is 5.43 Å². The van der Waals surface area contributed by atoms with E-state index in [0.717, 1.165) is 31.6 Å². The summed E-state index contributed by atoms with van der Waals surface area (Å²) in [6, 6.07) is 0.134. The smallest absolute Gasteiger partial charge is 0.110 e. The summed E-state index contributed by atoms with van der Waals surface area (Å²) in [5.41, 5.74) is 2.77. The van der Waals surface area contributed by atoms with Crippen LogP contribution < -0.4 is 11.3 Å². The monoisotopic (exact) mass is 200 g/mol. The summed E-state index contributed by atoms with van der Waals surface area (Å²) in [5.74, 6) is 6.45. The Morgan fingerprint density at radius 1 is 1.64 bits per heavy atom. The van der Waals surface area contributed by atoms with Crippen LogP contribution in [0.25, 0.3) is 0 Å². The van der Waals surface area contributed by atoms with Crippen molar-refractivity contribution in [2.75, 3.05) is 13.7 Å². The van der Waals surface area contributed by atoms with Gasteiger partial charge in [0, 0.05) is 13.5 Å². The summed E-state index contributed by atoms with van der Waals surface area (Å²) >= 11 is 0. The lowest BCUT2D eigenvalue weighted by Gasteiger charge is -2.18. The molecule has 3 N–H and O–H groups in total. The summed E-state index contributed by atoms with van der Waals surface area (Å²) in [6.07, 6.45) is 5.28. The van der Waals surface area contributed by atoms with Crippen molar-refractivity contribution in [1.29, 1.82) is 0 Å². The van der Waals surface area contributed by atoms with Gasteiger partial charge in [0.15, 0.2) is 0 Å². The van der Waals surface area contributed by atoms with Crippen molar-refractivity contribution in [2.45, 2.75) is 38.3 Å². The lowest BCUT2D eigenvalue weighted by atomic mass is 10.1. The van der Waals surface area contributed by atoms with Gasteiger partial charge in [0.2, 0.25) is 0 Å². The number of nitrogens with two attached hydrogens (primary N) is 1. The predicted molar refractivity (Wildman–Crippen MR) is 55.5 cm³/mol. The van der Waals surface area contributed by atoms with Gasteiger partial charge in [0.05, 0.1) is 18.8 Å². The normalized spacial score (nSPS) is 20.1. The number of hydrazine groups is 1. The molecule has 0 aromatic rings. The molecule has 82 valence electrons. The molecule has 0 saturated heterocycles. The molecule has 1 rings (SSSR count). The maximum Gasteiger partial charge on any atom is 0.110 e. The Morgan fingerprint density at radius 2 is 2.43 bits per heavy atom. The van der Waals surface area contributed by atoms with Gasteiger partial charge in [-0.15, -0.1) is 0 Å². The molecular weight excluding hydrogens is 180 g/mol. The molecule has 0 radical (unpaired) electrons. The van der Waals surface area contributed by atoms with Gasteiger partial charge in [-0.2, -0.15) is 0 Å². The molecule has 0 amide bonds. The van der Waals surface area contributed by atoms with Crippen LogP contribution in [-0.4, -0.2) is 25.9 Å². The molecule has 4 heteroatoms.